The Morgan fingerprint density at radius 1 is 1.44 bits per heavy atom. The number of pyridine rings is 1. The van der Waals surface area contributed by atoms with Crippen LogP contribution in [0.1, 0.15) is 18.5 Å². The highest BCUT2D eigenvalue weighted by Gasteiger charge is 2.08. The van der Waals surface area contributed by atoms with Crippen molar-refractivity contribution in [3.63, 3.8) is 0 Å². The van der Waals surface area contributed by atoms with Crippen molar-refractivity contribution in [2.45, 2.75) is 13.0 Å². The largest absolute Gasteiger partial charge is 0.376 e. The molecule has 0 aromatic carbocycles. The molecule has 0 aliphatic heterocycles. The van der Waals surface area contributed by atoms with Gasteiger partial charge in [-0.2, -0.15) is 5.10 Å². The highest BCUT2D eigenvalue weighted by molar-refractivity contribution is 6.33. The summed E-state index contributed by atoms with van der Waals surface area (Å²) in [5.41, 5.74) is 1.95. The van der Waals surface area contributed by atoms with Crippen LogP contribution in [0.15, 0.2) is 30.9 Å². The van der Waals surface area contributed by atoms with Crippen molar-refractivity contribution in [2.75, 3.05) is 5.32 Å². The van der Waals surface area contributed by atoms with Crippen LogP contribution in [-0.4, -0.2) is 14.8 Å². The van der Waals surface area contributed by atoms with Crippen LogP contribution in [0, 0.1) is 0 Å². The Labute approximate surface area is 99.3 Å². The summed E-state index contributed by atoms with van der Waals surface area (Å²) in [5.74, 6) is 0. The van der Waals surface area contributed by atoms with Crippen molar-refractivity contribution in [1.82, 2.24) is 14.8 Å². The molecule has 0 aliphatic rings. The lowest BCUT2D eigenvalue weighted by Crippen LogP contribution is -2.06. The van der Waals surface area contributed by atoms with Gasteiger partial charge in [0.15, 0.2) is 0 Å². The minimum atomic E-state index is 0.149. The number of nitrogens with zero attached hydrogens (tertiary/aromatic N) is 3. The molecule has 2 aromatic rings. The van der Waals surface area contributed by atoms with Crippen LogP contribution in [0.4, 0.5) is 5.69 Å². The van der Waals surface area contributed by atoms with Crippen LogP contribution < -0.4 is 5.32 Å². The van der Waals surface area contributed by atoms with Crippen molar-refractivity contribution in [3.8, 4) is 0 Å². The van der Waals surface area contributed by atoms with E-state index in [1.165, 1.54) is 0 Å². The van der Waals surface area contributed by atoms with E-state index >= 15 is 0 Å². The number of hydrogen-bond donors (Lipinski definition) is 1. The summed E-state index contributed by atoms with van der Waals surface area (Å²) in [6, 6.07) is 1.91. The molecule has 0 saturated carbocycles. The molecule has 4 nitrogen and oxygen atoms in total. The number of rotatable bonds is 3. The average Bonchev–Trinajstić information content (AvgIpc) is 2.68. The Morgan fingerprint density at radius 2 is 2.25 bits per heavy atom. The molecule has 5 heteroatoms. The molecule has 1 atom stereocenters. The monoisotopic (exact) mass is 236 g/mol. The van der Waals surface area contributed by atoms with Gasteiger partial charge in [0, 0.05) is 25.0 Å². The lowest BCUT2D eigenvalue weighted by molar-refractivity contribution is 0.765. The van der Waals surface area contributed by atoms with E-state index < -0.39 is 0 Å². The summed E-state index contributed by atoms with van der Waals surface area (Å²) in [7, 11) is 1.90. The molecule has 0 radical (unpaired) electrons. The molecular weight excluding hydrogens is 224 g/mol. The van der Waals surface area contributed by atoms with Gasteiger partial charge in [0.1, 0.15) is 0 Å². The third-order valence-corrected chi connectivity index (χ3v) is 2.69. The van der Waals surface area contributed by atoms with Gasteiger partial charge in [-0.25, -0.2) is 0 Å². The highest BCUT2D eigenvalue weighted by Crippen LogP contribution is 2.24. The zero-order valence-corrected chi connectivity index (χ0v) is 9.94. The Bertz CT molecular complexity index is 480. The SMILES string of the molecule is CC(Nc1cnccc1Cl)c1cnn(C)c1. The fourth-order valence-corrected chi connectivity index (χ4v) is 1.62. The van der Waals surface area contributed by atoms with Crippen molar-refractivity contribution in [3.05, 3.63) is 41.4 Å². The van der Waals surface area contributed by atoms with Crippen molar-refractivity contribution in [2.24, 2.45) is 7.05 Å². The van der Waals surface area contributed by atoms with Gasteiger partial charge in [0.2, 0.25) is 0 Å². The summed E-state index contributed by atoms with van der Waals surface area (Å²) < 4.78 is 1.78. The highest BCUT2D eigenvalue weighted by atomic mass is 35.5. The lowest BCUT2D eigenvalue weighted by atomic mass is 10.2. The first-order chi connectivity index (χ1) is 7.66. The predicted molar refractivity (Wildman–Crippen MR) is 64.5 cm³/mol. The van der Waals surface area contributed by atoms with Crippen LogP contribution in [0.3, 0.4) is 0 Å². The molecule has 1 N–H and O–H groups in total. The van der Waals surface area contributed by atoms with Crippen molar-refractivity contribution >= 4 is 17.3 Å². The summed E-state index contributed by atoms with van der Waals surface area (Å²) in [4.78, 5) is 4.03. The van der Waals surface area contributed by atoms with E-state index in [9.17, 15) is 0 Å². The zero-order chi connectivity index (χ0) is 11.5. The Morgan fingerprint density at radius 3 is 2.88 bits per heavy atom. The number of halogens is 1. The minimum Gasteiger partial charge on any atom is -0.376 e. The zero-order valence-electron chi connectivity index (χ0n) is 9.18. The van der Waals surface area contributed by atoms with Gasteiger partial charge in [-0.3, -0.25) is 9.67 Å². The van der Waals surface area contributed by atoms with E-state index in [-0.39, 0.29) is 6.04 Å². The van der Waals surface area contributed by atoms with Gasteiger partial charge in [-0.05, 0) is 13.0 Å². The lowest BCUT2D eigenvalue weighted by Gasteiger charge is -2.14. The first-order valence-corrected chi connectivity index (χ1v) is 5.39. The van der Waals surface area contributed by atoms with Gasteiger partial charge in [-0.1, -0.05) is 11.6 Å². The van der Waals surface area contributed by atoms with E-state index in [0.717, 1.165) is 11.3 Å². The molecule has 16 heavy (non-hydrogen) atoms. The molecule has 0 spiro atoms. The third-order valence-electron chi connectivity index (χ3n) is 2.36. The summed E-state index contributed by atoms with van der Waals surface area (Å²) >= 11 is 6.04. The maximum absolute atomic E-state index is 6.04. The van der Waals surface area contributed by atoms with E-state index in [4.69, 9.17) is 11.6 Å². The first-order valence-electron chi connectivity index (χ1n) is 5.01. The van der Waals surface area contributed by atoms with E-state index in [0.29, 0.717) is 5.02 Å². The Kier molecular flexibility index (Phi) is 3.10. The number of aromatic nitrogens is 3. The van der Waals surface area contributed by atoms with Crippen LogP contribution >= 0.6 is 11.6 Å². The Balaban J connectivity index is 2.13. The standard InChI is InChI=1S/C11H13ClN4/c1-8(9-5-14-16(2)7-9)15-11-6-13-4-3-10(11)12/h3-8,15H,1-2H3. The van der Waals surface area contributed by atoms with Gasteiger partial charge < -0.3 is 5.32 Å². The molecule has 2 aromatic heterocycles. The second-order valence-electron chi connectivity index (χ2n) is 3.67. The molecule has 0 saturated heterocycles. The topological polar surface area (TPSA) is 42.7 Å². The maximum atomic E-state index is 6.04. The number of hydrogen-bond acceptors (Lipinski definition) is 3. The van der Waals surface area contributed by atoms with E-state index in [1.54, 1.807) is 23.1 Å². The van der Waals surface area contributed by atoms with Crippen molar-refractivity contribution in [1.29, 1.82) is 0 Å². The summed E-state index contributed by atoms with van der Waals surface area (Å²) in [6.45, 7) is 2.06. The number of anilines is 1. The molecule has 0 bridgehead atoms. The summed E-state index contributed by atoms with van der Waals surface area (Å²) in [6.07, 6.45) is 7.20. The van der Waals surface area contributed by atoms with Crippen LogP contribution in [0.25, 0.3) is 0 Å². The van der Waals surface area contributed by atoms with Crippen LogP contribution in [0.2, 0.25) is 5.02 Å². The van der Waals surface area contributed by atoms with E-state index in [2.05, 4.69) is 22.3 Å². The fraction of sp³-hybridized carbons (Fsp3) is 0.273. The van der Waals surface area contributed by atoms with Gasteiger partial charge >= 0.3 is 0 Å². The molecule has 84 valence electrons. The van der Waals surface area contributed by atoms with Gasteiger partial charge in [-0.15, -0.1) is 0 Å². The average molecular weight is 237 g/mol. The summed E-state index contributed by atoms with van der Waals surface area (Å²) in [5, 5.41) is 8.09. The molecule has 0 amide bonds. The number of aryl methyl sites for hydroxylation is 1. The predicted octanol–water partition coefficient (Wildman–Crippen LogP) is 2.64. The molecule has 2 rings (SSSR count). The van der Waals surface area contributed by atoms with Gasteiger partial charge in [0.25, 0.3) is 0 Å². The smallest absolute Gasteiger partial charge is 0.0720 e. The van der Waals surface area contributed by atoms with Gasteiger partial charge in [0.05, 0.1) is 29.1 Å². The second kappa shape index (κ2) is 4.53. The first kappa shape index (κ1) is 11.0. The molecular formula is C11H13ClN4. The normalized spacial score (nSPS) is 12.4. The molecule has 2 heterocycles. The van der Waals surface area contributed by atoms with Crippen LogP contribution in [0.5, 0.6) is 0 Å². The molecule has 0 aliphatic carbocycles. The quantitative estimate of drug-likeness (QED) is 0.891. The fourth-order valence-electron chi connectivity index (χ4n) is 1.46. The Hall–Kier alpha value is -1.55. The third kappa shape index (κ3) is 2.33. The second-order valence-corrected chi connectivity index (χ2v) is 4.08. The maximum Gasteiger partial charge on any atom is 0.0720 e. The number of nitrogens with one attached hydrogen (secondary N) is 1. The molecule has 1 unspecified atom stereocenters. The van der Waals surface area contributed by atoms with Crippen molar-refractivity contribution < 1.29 is 0 Å². The van der Waals surface area contributed by atoms with Crippen LogP contribution in [-0.2, 0) is 7.05 Å². The van der Waals surface area contributed by atoms with E-state index in [1.807, 2.05) is 19.4 Å². The minimum absolute atomic E-state index is 0.149. The molecule has 0 fully saturated rings.